The molecule has 17 heavy (non-hydrogen) atoms. The van der Waals surface area contributed by atoms with Crippen molar-refractivity contribution in [3.63, 3.8) is 0 Å². The SMILES string of the molecule is N#CC1=NN(C(=O)c2ccccc2)C2(CC2)C1. The standard InChI is InChI=1S/C13H11N3O/c14-9-11-8-13(6-7-13)16(15-11)12(17)10-4-2-1-3-5-10/h1-5H,6-8H2. The van der Waals surface area contributed by atoms with Crippen LogP contribution >= 0.6 is 0 Å². The Labute approximate surface area is 99.2 Å². The molecule has 1 aliphatic heterocycles. The Bertz CT molecular complexity index is 538. The summed E-state index contributed by atoms with van der Waals surface area (Å²) < 4.78 is 0. The number of hydrogen-bond donors (Lipinski definition) is 0. The molecule has 0 unspecified atom stereocenters. The Morgan fingerprint density at radius 2 is 2.06 bits per heavy atom. The number of benzene rings is 1. The molecule has 1 spiro atoms. The summed E-state index contributed by atoms with van der Waals surface area (Å²) in [6.45, 7) is 0. The van der Waals surface area contributed by atoms with Crippen LogP contribution < -0.4 is 0 Å². The van der Waals surface area contributed by atoms with Crippen molar-refractivity contribution in [2.45, 2.75) is 24.8 Å². The van der Waals surface area contributed by atoms with Crippen LogP contribution in [0.4, 0.5) is 0 Å². The summed E-state index contributed by atoms with van der Waals surface area (Å²) in [5.41, 5.74) is 0.909. The molecule has 0 atom stereocenters. The molecule has 3 rings (SSSR count). The molecule has 0 radical (unpaired) electrons. The van der Waals surface area contributed by atoms with Crippen molar-refractivity contribution < 1.29 is 4.79 Å². The Morgan fingerprint density at radius 3 is 2.65 bits per heavy atom. The first kappa shape index (κ1) is 10.0. The summed E-state index contributed by atoms with van der Waals surface area (Å²) >= 11 is 0. The van der Waals surface area contributed by atoms with Crippen LogP contribution in [0.3, 0.4) is 0 Å². The van der Waals surface area contributed by atoms with E-state index in [0.717, 1.165) is 12.8 Å². The average molecular weight is 225 g/mol. The average Bonchev–Trinajstić information content (AvgIpc) is 3.04. The van der Waals surface area contributed by atoms with Gasteiger partial charge in [0.2, 0.25) is 0 Å². The molecule has 4 heteroatoms. The van der Waals surface area contributed by atoms with Gasteiger partial charge in [-0.25, -0.2) is 5.01 Å². The zero-order valence-corrected chi connectivity index (χ0v) is 9.26. The maximum Gasteiger partial charge on any atom is 0.274 e. The van der Waals surface area contributed by atoms with Gasteiger partial charge in [-0.15, -0.1) is 0 Å². The number of carbonyl (C=O) groups is 1. The van der Waals surface area contributed by atoms with Gasteiger partial charge in [0, 0.05) is 12.0 Å². The maximum absolute atomic E-state index is 12.3. The molecule has 1 aromatic rings. The molecule has 1 fully saturated rings. The van der Waals surface area contributed by atoms with Gasteiger partial charge in [-0.2, -0.15) is 10.4 Å². The predicted octanol–water partition coefficient (Wildman–Crippen LogP) is 1.94. The highest BCUT2D eigenvalue weighted by Gasteiger charge is 2.55. The lowest BCUT2D eigenvalue weighted by molar-refractivity contribution is 0.0690. The van der Waals surface area contributed by atoms with Crippen LogP contribution in [0.15, 0.2) is 35.4 Å². The monoisotopic (exact) mass is 225 g/mol. The highest BCUT2D eigenvalue weighted by Crippen LogP contribution is 2.48. The van der Waals surface area contributed by atoms with Gasteiger partial charge in [-0.05, 0) is 25.0 Å². The van der Waals surface area contributed by atoms with Gasteiger partial charge in [0.15, 0.2) is 0 Å². The molecule has 4 nitrogen and oxygen atoms in total. The highest BCUT2D eigenvalue weighted by atomic mass is 16.2. The second kappa shape index (κ2) is 3.42. The number of carbonyl (C=O) groups excluding carboxylic acids is 1. The predicted molar refractivity (Wildman–Crippen MR) is 62.2 cm³/mol. The lowest BCUT2D eigenvalue weighted by atomic mass is 10.1. The second-order valence-corrected chi connectivity index (χ2v) is 4.54. The minimum atomic E-state index is -0.183. The van der Waals surface area contributed by atoms with Crippen molar-refractivity contribution in [3.8, 4) is 6.07 Å². The third kappa shape index (κ3) is 1.51. The second-order valence-electron chi connectivity index (χ2n) is 4.54. The van der Waals surface area contributed by atoms with Crippen molar-refractivity contribution in [2.24, 2.45) is 5.10 Å². The van der Waals surface area contributed by atoms with E-state index in [-0.39, 0.29) is 11.4 Å². The van der Waals surface area contributed by atoms with Crippen LogP contribution in [-0.2, 0) is 0 Å². The summed E-state index contributed by atoms with van der Waals surface area (Å²) in [5, 5.41) is 14.5. The molecule has 1 aliphatic carbocycles. The normalized spacial score (nSPS) is 19.9. The summed E-state index contributed by atoms with van der Waals surface area (Å²) in [5.74, 6) is -0.103. The number of nitriles is 1. The van der Waals surface area contributed by atoms with Gasteiger partial charge in [-0.1, -0.05) is 18.2 Å². The number of hydrogen-bond acceptors (Lipinski definition) is 3. The Hall–Kier alpha value is -2.15. The van der Waals surface area contributed by atoms with Crippen molar-refractivity contribution in [3.05, 3.63) is 35.9 Å². The van der Waals surface area contributed by atoms with E-state index in [1.165, 1.54) is 5.01 Å². The molecule has 0 saturated heterocycles. The fourth-order valence-electron chi connectivity index (χ4n) is 2.21. The Kier molecular flexibility index (Phi) is 2.02. The molecule has 0 N–H and O–H groups in total. The van der Waals surface area contributed by atoms with Gasteiger partial charge >= 0.3 is 0 Å². The van der Waals surface area contributed by atoms with Gasteiger partial charge in [0.25, 0.3) is 5.91 Å². The summed E-state index contributed by atoms with van der Waals surface area (Å²) in [6.07, 6.45) is 2.50. The van der Waals surface area contributed by atoms with Gasteiger partial charge in [0.05, 0.1) is 5.54 Å². The van der Waals surface area contributed by atoms with E-state index >= 15 is 0 Å². The van der Waals surface area contributed by atoms with Crippen LogP contribution in [0.1, 0.15) is 29.6 Å². The van der Waals surface area contributed by atoms with Crippen LogP contribution in [-0.4, -0.2) is 22.2 Å². The zero-order chi connectivity index (χ0) is 11.9. The van der Waals surface area contributed by atoms with Crippen LogP contribution in [0, 0.1) is 11.3 Å². The van der Waals surface area contributed by atoms with Crippen molar-refractivity contribution in [1.82, 2.24) is 5.01 Å². The lowest BCUT2D eigenvalue weighted by Gasteiger charge is -2.20. The van der Waals surface area contributed by atoms with E-state index in [1.54, 1.807) is 12.1 Å². The molecule has 1 heterocycles. The number of rotatable bonds is 1. The van der Waals surface area contributed by atoms with E-state index in [4.69, 9.17) is 5.26 Å². The fraction of sp³-hybridized carbons (Fsp3) is 0.308. The summed E-state index contributed by atoms with van der Waals surface area (Å²) in [6, 6.07) is 11.1. The lowest BCUT2D eigenvalue weighted by Crippen LogP contribution is -2.34. The quantitative estimate of drug-likeness (QED) is 0.733. The molecule has 0 aromatic heterocycles. The first-order valence-electron chi connectivity index (χ1n) is 5.62. The smallest absolute Gasteiger partial charge is 0.267 e. The van der Waals surface area contributed by atoms with Crippen LogP contribution in [0.2, 0.25) is 0 Å². The zero-order valence-electron chi connectivity index (χ0n) is 9.26. The minimum absolute atomic E-state index is 0.103. The largest absolute Gasteiger partial charge is 0.274 e. The third-order valence-corrected chi connectivity index (χ3v) is 3.34. The molecule has 1 aromatic carbocycles. The maximum atomic E-state index is 12.3. The van der Waals surface area contributed by atoms with Crippen molar-refractivity contribution in [2.75, 3.05) is 0 Å². The van der Waals surface area contributed by atoms with Crippen molar-refractivity contribution in [1.29, 1.82) is 5.26 Å². The first-order chi connectivity index (χ1) is 8.25. The summed E-state index contributed by atoms with van der Waals surface area (Å²) in [7, 11) is 0. The number of nitrogens with zero attached hydrogens (tertiary/aromatic N) is 3. The number of hydrazone groups is 1. The van der Waals surface area contributed by atoms with E-state index in [1.807, 2.05) is 18.2 Å². The van der Waals surface area contributed by atoms with Crippen molar-refractivity contribution >= 4 is 11.6 Å². The minimum Gasteiger partial charge on any atom is -0.267 e. The molecule has 0 bridgehead atoms. The van der Waals surface area contributed by atoms with Gasteiger partial charge in [-0.3, -0.25) is 4.79 Å². The van der Waals surface area contributed by atoms with Crippen LogP contribution in [0.5, 0.6) is 0 Å². The summed E-state index contributed by atoms with van der Waals surface area (Å²) in [4.78, 5) is 12.3. The molecule has 84 valence electrons. The number of amides is 1. The Balaban J connectivity index is 1.93. The molecular weight excluding hydrogens is 214 g/mol. The first-order valence-corrected chi connectivity index (χ1v) is 5.62. The van der Waals surface area contributed by atoms with E-state index in [2.05, 4.69) is 11.2 Å². The fourth-order valence-corrected chi connectivity index (χ4v) is 2.21. The van der Waals surface area contributed by atoms with Crippen LogP contribution in [0.25, 0.3) is 0 Å². The van der Waals surface area contributed by atoms with Gasteiger partial charge < -0.3 is 0 Å². The third-order valence-electron chi connectivity index (χ3n) is 3.34. The van der Waals surface area contributed by atoms with E-state index in [9.17, 15) is 4.79 Å². The molecule has 1 saturated carbocycles. The van der Waals surface area contributed by atoms with E-state index in [0.29, 0.717) is 17.7 Å². The molecule has 2 aliphatic rings. The van der Waals surface area contributed by atoms with E-state index < -0.39 is 0 Å². The Morgan fingerprint density at radius 1 is 1.35 bits per heavy atom. The highest BCUT2D eigenvalue weighted by molar-refractivity contribution is 6.04. The van der Waals surface area contributed by atoms with Gasteiger partial charge in [0.1, 0.15) is 11.8 Å². The molecule has 1 amide bonds. The topological polar surface area (TPSA) is 56.5 Å². The molecular formula is C13H11N3O.